The summed E-state index contributed by atoms with van der Waals surface area (Å²) in [5.41, 5.74) is 0. The summed E-state index contributed by atoms with van der Waals surface area (Å²) in [6.07, 6.45) is 4.69. The lowest BCUT2D eigenvalue weighted by atomic mass is 10.2. The lowest BCUT2D eigenvalue weighted by Gasteiger charge is -2.44. The third-order valence-electron chi connectivity index (χ3n) is 5.11. The van der Waals surface area contributed by atoms with Gasteiger partial charge in [-0.25, -0.2) is 0 Å². The van der Waals surface area contributed by atoms with Crippen molar-refractivity contribution < 1.29 is 4.79 Å². The highest BCUT2D eigenvalue weighted by Crippen LogP contribution is 2.25. The van der Waals surface area contributed by atoms with E-state index in [4.69, 9.17) is 24.4 Å². The second-order valence-electron chi connectivity index (χ2n) is 7.80. The topological polar surface area (TPSA) is 33.3 Å². The number of amides is 1. The quantitative estimate of drug-likeness (QED) is 0.441. The molecule has 2 aliphatic heterocycles. The zero-order valence-electron chi connectivity index (χ0n) is 18.1. The highest BCUT2D eigenvalue weighted by Gasteiger charge is 2.36. The van der Waals surface area contributed by atoms with Gasteiger partial charge in [0.2, 0.25) is 5.91 Å². The highest BCUT2D eigenvalue weighted by atomic mass is 32.2. The van der Waals surface area contributed by atoms with Gasteiger partial charge in [-0.1, -0.05) is 74.6 Å². The molecule has 1 atom stereocenters. The van der Waals surface area contributed by atoms with Crippen molar-refractivity contribution >= 4 is 62.5 Å². The zero-order chi connectivity index (χ0) is 21.4. The number of thiocarbonyl (C=S) groups is 2. The van der Waals surface area contributed by atoms with Crippen LogP contribution in [0.1, 0.15) is 39.5 Å². The number of hydrogen-bond donors (Lipinski definition) is 0. The molecule has 0 spiro atoms. The van der Waals surface area contributed by atoms with E-state index in [1.807, 2.05) is 14.1 Å². The summed E-state index contributed by atoms with van der Waals surface area (Å²) in [5.74, 6) is 1.93. The molecular formula is C19H35N5OS4. The number of likely N-dealkylation sites (N-methyl/N-ethyl adjacent to an activating group) is 1. The first-order chi connectivity index (χ1) is 13.9. The molecule has 2 fully saturated rings. The molecule has 0 N–H and O–H groups in total. The minimum atomic E-state index is -0.320. The molecule has 0 aromatic heterocycles. The molecule has 0 saturated carbocycles. The summed E-state index contributed by atoms with van der Waals surface area (Å²) in [6, 6.07) is -0.320. The van der Waals surface area contributed by atoms with Gasteiger partial charge in [0.25, 0.3) is 0 Å². The fourth-order valence-corrected chi connectivity index (χ4v) is 5.64. The summed E-state index contributed by atoms with van der Waals surface area (Å²) in [5, 5.41) is 0. The van der Waals surface area contributed by atoms with Crippen LogP contribution in [0.4, 0.5) is 0 Å². The average Bonchev–Trinajstić information content (AvgIpc) is 2.71. The maximum absolute atomic E-state index is 13.1. The van der Waals surface area contributed by atoms with E-state index in [9.17, 15) is 4.79 Å². The van der Waals surface area contributed by atoms with E-state index in [0.717, 1.165) is 46.6 Å². The van der Waals surface area contributed by atoms with Gasteiger partial charge in [0.1, 0.15) is 14.7 Å². The Morgan fingerprint density at radius 3 is 2.10 bits per heavy atom. The molecule has 0 aliphatic carbocycles. The van der Waals surface area contributed by atoms with Gasteiger partial charge in [-0.3, -0.25) is 14.6 Å². The molecule has 0 aromatic rings. The van der Waals surface area contributed by atoms with Gasteiger partial charge in [-0.15, -0.1) is 0 Å². The predicted octanol–water partition coefficient (Wildman–Crippen LogP) is 3.14. The molecular weight excluding hydrogens is 443 g/mol. The van der Waals surface area contributed by atoms with Gasteiger partial charge >= 0.3 is 0 Å². The normalized spacial score (nSPS) is 20.3. The molecule has 2 aliphatic rings. The van der Waals surface area contributed by atoms with Crippen molar-refractivity contribution in [2.75, 3.05) is 58.8 Å². The molecule has 1 unspecified atom stereocenters. The third kappa shape index (κ3) is 7.50. The van der Waals surface area contributed by atoms with Crippen LogP contribution in [0.3, 0.4) is 0 Å². The van der Waals surface area contributed by atoms with E-state index in [1.54, 1.807) is 28.4 Å². The van der Waals surface area contributed by atoms with Gasteiger partial charge in [-0.2, -0.15) is 0 Å². The maximum Gasteiger partial charge on any atom is 0.246 e. The standard InChI is InChI=1S/C19H35N5OS4/c1-5-7-9-21-12-23(18(26)28-14-21)11-16(17(25)20(3)4)24-13-22(10-8-6-2)15-29-19(24)27/h16H,5-15H2,1-4H3. The first kappa shape index (κ1) is 25.1. The lowest BCUT2D eigenvalue weighted by Crippen LogP contribution is -2.60. The summed E-state index contributed by atoms with van der Waals surface area (Å²) >= 11 is 14.7. The molecule has 2 heterocycles. The van der Waals surface area contributed by atoms with E-state index in [-0.39, 0.29) is 11.9 Å². The molecule has 0 bridgehead atoms. The van der Waals surface area contributed by atoms with Crippen LogP contribution in [0.25, 0.3) is 0 Å². The number of carbonyl (C=O) groups is 1. The van der Waals surface area contributed by atoms with Crippen LogP contribution in [-0.2, 0) is 4.79 Å². The Morgan fingerprint density at radius 1 is 1.00 bits per heavy atom. The lowest BCUT2D eigenvalue weighted by molar-refractivity contribution is -0.134. The number of hydrogen-bond acceptors (Lipinski definition) is 7. The van der Waals surface area contributed by atoms with Gasteiger partial charge in [-0.05, 0) is 12.8 Å². The number of carbonyl (C=O) groups excluding carboxylic acids is 1. The largest absolute Gasteiger partial charge is 0.347 e. The van der Waals surface area contributed by atoms with Crippen LogP contribution >= 0.6 is 48.0 Å². The summed E-state index contributed by atoms with van der Waals surface area (Å²) in [7, 11) is 3.64. The maximum atomic E-state index is 13.1. The number of nitrogens with zero attached hydrogens (tertiary/aromatic N) is 5. The van der Waals surface area contributed by atoms with E-state index in [0.29, 0.717) is 13.2 Å². The number of unbranched alkanes of at least 4 members (excludes halogenated alkanes) is 2. The second kappa shape index (κ2) is 12.7. The molecule has 2 rings (SSSR count). The van der Waals surface area contributed by atoms with E-state index >= 15 is 0 Å². The van der Waals surface area contributed by atoms with E-state index in [1.165, 1.54) is 19.3 Å². The average molecular weight is 478 g/mol. The molecule has 29 heavy (non-hydrogen) atoms. The molecule has 166 valence electrons. The molecule has 0 aromatic carbocycles. The van der Waals surface area contributed by atoms with E-state index < -0.39 is 0 Å². The van der Waals surface area contributed by atoms with Crippen molar-refractivity contribution in [2.45, 2.75) is 45.6 Å². The van der Waals surface area contributed by atoms with E-state index in [2.05, 4.69) is 33.4 Å². The Labute approximate surface area is 195 Å². The Hall–Kier alpha value is -0.130. The Morgan fingerprint density at radius 2 is 1.55 bits per heavy atom. The van der Waals surface area contributed by atoms with Crippen LogP contribution in [0.5, 0.6) is 0 Å². The predicted molar refractivity (Wildman–Crippen MR) is 134 cm³/mol. The van der Waals surface area contributed by atoms with Gasteiger partial charge in [0.15, 0.2) is 0 Å². The minimum absolute atomic E-state index is 0.0868. The number of rotatable bonds is 10. The van der Waals surface area contributed by atoms with Crippen LogP contribution in [0, 0.1) is 0 Å². The molecule has 10 heteroatoms. The van der Waals surface area contributed by atoms with Crippen LogP contribution in [0.2, 0.25) is 0 Å². The third-order valence-corrected chi connectivity index (χ3v) is 8.28. The zero-order valence-corrected chi connectivity index (χ0v) is 21.4. The minimum Gasteiger partial charge on any atom is -0.347 e. The molecule has 0 radical (unpaired) electrons. The van der Waals surface area contributed by atoms with Crippen molar-refractivity contribution in [1.29, 1.82) is 0 Å². The van der Waals surface area contributed by atoms with Crippen molar-refractivity contribution in [3.05, 3.63) is 0 Å². The van der Waals surface area contributed by atoms with Gasteiger partial charge in [0.05, 0.1) is 25.1 Å². The molecule has 2 saturated heterocycles. The second-order valence-corrected chi connectivity index (χ2v) is 11.0. The van der Waals surface area contributed by atoms with Crippen LogP contribution in [0.15, 0.2) is 0 Å². The van der Waals surface area contributed by atoms with Gasteiger partial charge < -0.3 is 14.7 Å². The fraction of sp³-hybridized carbons (Fsp3) is 0.842. The smallest absolute Gasteiger partial charge is 0.246 e. The van der Waals surface area contributed by atoms with Gasteiger partial charge in [0, 0.05) is 33.7 Å². The first-order valence-electron chi connectivity index (χ1n) is 10.4. The molecule has 1 amide bonds. The summed E-state index contributed by atoms with van der Waals surface area (Å²) in [6.45, 7) is 8.60. The van der Waals surface area contributed by atoms with Crippen molar-refractivity contribution in [3.8, 4) is 0 Å². The van der Waals surface area contributed by atoms with Crippen molar-refractivity contribution in [1.82, 2.24) is 24.5 Å². The van der Waals surface area contributed by atoms with Crippen molar-refractivity contribution in [2.24, 2.45) is 0 Å². The fourth-order valence-electron chi connectivity index (χ4n) is 3.33. The SMILES string of the molecule is CCCCN1CSC(=S)N(CC(C(=O)N(C)C)N2CN(CCCC)CSC2=S)C1. The van der Waals surface area contributed by atoms with Crippen LogP contribution in [-0.4, -0.2) is 104 Å². The highest BCUT2D eigenvalue weighted by molar-refractivity contribution is 8.23. The molecule has 6 nitrogen and oxygen atoms in total. The summed E-state index contributed by atoms with van der Waals surface area (Å²) < 4.78 is 1.70. The first-order valence-corrected chi connectivity index (χ1v) is 13.2. The van der Waals surface area contributed by atoms with Crippen molar-refractivity contribution in [3.63, 3.8) is 0 Å². The van der Waals surface area contributed by atoms with Crippen LogP contribution < -0.4 is 0 Å². The Balaban J connectivity index is 2.13. The monoisotopic (exact) mass is 477 g/mol. The number of thioether (sulfide) groups is 2. The Bertz CT molecular complexity index is 577. The Kier molecular flexibility index (Phi) is 11.0. The summed E-state index contributed by atoms with van der Waals surface area (Å²) in [4.78, 5) is 23.9.